The minimum atomic E-state index is 0.173. The van der Waals surface area contributed by atoms with Gasteiger partial charge in [0, 0.05) is 17.5 Å². The van der Waals surface area contributed by atoms with Crippen molar-refractivity contribution >= 4 is 16.7 Å². The lowest BCUT2D eigenvalue weighted by atomic mass is 9.81. The number of allylic oxidation sites excluding steroid dienone is 2. The number of hydrogen-bond acceptors (Lipinski definition) is 2. The van der Waals surface area contributed by atoms with Crippen LogP contribution in [0.1, 0.15) is 33.0 Å². The van der Waals surface area contributed by atoms with E-state index in [2.05, 4.69) is 49.6 Å². The monoisotopic (exact) mass is 269 g/mol. The Hall–Kier alpha value is -1.61. The Balaban J connectivity index is 2.22. The molecule has 20 heavy (non-hydrogen) atoms. The molecule has 0 spiro atoms. The van der Waals surface area contributed by atoms with Gasteiger partial charge in [-0.1, -0.05) is 39.0 Å². The van der Waals surface area contributed by atoms with Crippen LogP contribution in [-0.2, 0) is 6.42 Å². The van der Waals surface area contributed by atoms with Gasteiger partial charge in [0.2, 0.25) is 0 Å². The van der Waals surface area contributed by atoms with Gasteiger partial charge in [0.05, 0.1) is 11.0 Å². The van der Waals surface area contributed by atoms with E-state index < -0.39 is 0 Å². The second-order valence-corrected chi connectivity index (χ2v) is 6.34. The Bertz CT molecular complexity index is 664. The fraction of sp³-hybridized carbons (Fsp3) is 0.471. The lowest BCUT2D eigenvalue weighted by Crippen LogP contribution is -2.22. The Kier molecular flexibility index (Phi) is 3.17. The van der Waals surface area contributed by atoms with Gasteiger partial charge in [-0.05, 0) is 31.0 Å². The fourth-order valence-electron chi connectivity index (χ4n) is 3.12. The first-order valence-corrected chi connectivity index (χ1v) is 7.43. The number of rotatable bonds is 3. The van der Waals surface area contributed by atoms with E-state index in [1.54, 1.807) is 0 Å². The van der Waals surface area contributed by atoms with Crippen LogP contribution >= 0.6 is 0 Å². The van der Waals surface area contributed by atoms with Crippen molar-refractivity contribution in [2.45, 2.75) is 33.6 Å². The average molecular weight is 269 g/mol. The maximum Gasteiger partial charge on any atom is 0.115 e. The molecule has 3 rings (SSSR count). The van der Waals surface area contributed by atoms with Crippen LogP contribution in [0.2, 0.25) is 0 Å². The SMILES string of the molecule is CC1CC=C(n2c(CCN)nc3ccccc32)C1(C)C. The largest absolute Gasteiger partial charge is 0.330 e. The van der Waals surface area contributed by atoms with Gasteiger partial charge in [-0.25, -0.2) is 4.98 Å². The summed E-state index contributed by atoms with van der Waals surface area (Å²) in [5.41, 5.74) is 9.58. The summed E-state index contributed by atoms with van der Waals surface area (Å²) in [6.07, 6.45) is 4.33. The van der Waals surface area contributed by atoms with Crippen LogP contribution in [0.15, 0.2) is 30.3 Å². The Morgan fingerprint density at radius 2 is 2.10 bits per heavy atom. The summed E-state index contributed by atoms with van der Waals surface area (Å²) in [7, 11) is 0. The summed E-state index contributed by atoms with van der Waals surface area (Å²) in [4.78, 5) is 4.78. The maximum atomic E-state index is 5.77. The van der Waals surface area contributed by atoms with Crippen molar-refractivity contribution in [1.82, 2.24) is 9.55 Å². The van der Waals surface area contributed by atoms with Gasteiger partial charge in [-0.3, -0.25) is 4.57 Å². The van der Waals surface area contributed by atoms with Gasteiger partial charge >= 0.3 is 0 Å². The second-order valence-electron chi connectivity index (χ2n) is 6.34. The van der Waals surface area contributed by atoms with Crippen LogP contribution < -0.4 is 5.73 Å². The molecule has 1 aromatic heterocycles. The number of aromatic nitrogens is 2. The molecule has 0 aliphatic heterocycles. The zero-order chi connectivity index (χ0) is 14.3. The molecule has 3 heteroatoms. The molecule has 2 N–H and O–H groups in total. The van der Waals surface area contributed by atoms with Crippen molar-refractivity contribution in [2.24, 2.45) is 17.1 Å². The van der Waals surface area contributed by atoms with Crippen molar-refractivity contribution in [1.29, 1.82) is 0 Å². The summed E-state index contributed by atoms with van der Waals surface area (Å²) in [5, 5.41) is 0. The van der Waals surface area contributed by atoms with Crippen LogP contribution in [0.3, 0.4) is 0 Å². The first kappa shape index (κ1) is 13.4. The summed E-state index contributed by atoms with van der Waals surface area (Å²) in [6, 6.07) is 8.36. The number of para-hydroxylation sites is 2. The van der Waals surface area contributed by atoms with Gasteiger partial charge in [-0.2, -0.15) is 0 Å². The highest BCUT2D eigenvalue weighted by atomic mass is 15.1. The summed E-state index contributed by atoms with van der Waals surface area (Å²) in [5.74, 6) is 1.74. The molecule has 106 valence electrons. The minimum Gasteiger partial charge on any atom is -0.330 e. The van der Waals surface area contributed by atoms with Gasteiger partial charge in [0.1, 0.15) is 5.82 Å². The summed E-state index contributed by atoms with van der Waals surface area (Å²) in [6.45, 7) is 7.62. The molecule has 0 bridgehead atoms. The first-order chi connectivity index (χ1) is 9.55. The van der Waals surface area contributed by atoms with Gasteiger partial charge in [-0.15, -0.1) is 0 Å². The molecule has 0 radical (unpaired) electrons. The van der Waals surface area contributed by atoms with E-state index >= 15 is 0 Å². The normalized spacial score (nSPS) is 21.4. The van der Waals surface area contributed by atoms with Crippen LogP contribution in [-0.4, -0.2) is 16.1 Å². The van der Waals surface area contributed by atoms with Crippen molar-refractivity contribution in [3.05, 3.63) is 36.2 Å². The predicted molar refractivity (Wildman–Crippen MR) is 84.3 cm³/mol. The van der Waals surface area contributed by atoms with Gasteiger partial charge in [0.25, 0.3) is 0 Å². The van der Waals surface area contributed by atoms with E-state index in [0.717, 1.165) is 24.2 Å². The van der Waals surface area contributed by atoms with Crippen molar-refractivity contribution in [2.75, 3.05) is 6.54 Å². The Labute approximate surface area is 120 Å². The number of fused-ring (bicyclic) bond motifs is 1. The molecule has 1 aliphatic carbocycles. The number of benzene rings is 1. The van der Waals surface area contributed by atoms with Crippen molar-refractivity contribution in [3.8, 4) is 0 Å². The molecule has 0 amide bonds. The molecule has 0 saturated carbocycles. The van der Waals surface area contributed by atoms with E-state index in [1.165, 1.54) is 11.2 Å². The molecule has 2 aromatic rings. The third kappa shape index (κ3) is 1.88. The van der Waals surface area contributed by atoms with Crippen molar-refractivity contribution in [3.63, 3.8) is 0 Å². The van der Waals surface area contributed by atoms with Crippen LogP contribution in [0.5, 0.6) is 0 Å². The average Bonchev–Trinajstić information content (AvgIpc) is 2.89. The quantitative estimate of drug-likeness (QED) is 0.927. The zero-order valence-corrected chi connectivity index (χ0v) is 12.6. The van der Waals surface area contributed by atoms with Gasteiger partial charge < -0.3 is 5.73 Å². The number of hydrogen-bond donors (Lipinski definition) is 1. The van der Waals surface area contributed by atoms with E-state index in [4.69, 9.17) is 10.7 Å². The minimum absolute atomic E-state index is 0.173. The molecule has 0 saturated heterocycles. The highest BCUT2D eigenvalue weighted by Crippen LogP contribution is 2.46. The Morgan fingerprint density at radius 3 is 2.75 bits per heavy atom. The Morgan fingerprint density at radius 1 is 1.35 bits per heavy atom. The molecule has 0 fully saturated rings. The van der Waals surface area contributed by atoms with Crippen LogP contribution in [0.4, 0.5) is 0 Å². The predicted octanol–water partition coefficient (Wildman–Crippen LogP) is 3.44. The van der Waals surface area contributed by atoms with E-state index in [0.29, 0.717) is 12.5 Å². The highest BCUT2D eigenvalue weighted by molar-refractivity contribution is 5.81. The topological polar surface area (TPSA) is 43.8 Å². The molecule has 1 aromatic carbocycles. The molecular formula is C17H23N3. The lowest BCUT2D eigenvalue weighted by Gasteiger charge is -2.30. The van der Waals surface area contributed by atoms with E-state index in [1.807, 2.05) is 6.07 Å². The van der Waals surface area contributed by atoms with E-state index in [-0.39, 0.29) is 5.41 Å². The molecular weight excluding hydrogens is 246 g/mol. The molecule has 1 heterocycles. The lowest BCUT2D eigenvalue weighted by molar-refractivity contribution is 0.338. The van der Waals surface area contributed by atoms with Gasteiger partial charge in [0.15, 0.2) is 0 Å². The maximum absolute atomic E-state index is 5.77. The number of nitrogens with two attached hydrogens (primary N) is 1. The van der Waals surface area contributed by atoms with Crippen LogP contribution in [0.25, 0.3) is 16.7 Å². The zero-order valence-electron chi connectivity index (χ0n) is 12.6. The van der Waals surface area contributed by atoms with Crippen LogP contribution in [0, 0.1) is 11.3 Å². The summed E-state index contributed by atoms with van der Waals surface area (Å²) < 4.78 is 2.34. The third-order valence-electron chi connectivity index (χ3n) is 4.80. The molecule has 1 atom stereocenters. The molecule has 3 nitrogen and oxygen atoms in total. The van der Waals surface area contributed by atoms with Crippen molar-refractivity contribution < 1.29 is 0 Å². The number of imidazole rings is 1. The second kappa shape index (κ2) is 4.74. The summed E-state index contributed by atoms with van der Waals surface area (Å²) >= 11 is 0. The highest BCUT2D eigenvalue weighted by Gasteiger charge is 2.36. The van der Waals surface area contributed by atoms with E-state index in [9.17, 15) is 0 Å². The molecule has 1 unspecified atom stereocenters. The first-order valence-electron chi connectivity index (χ1n) is 7.43. The number of nitrogens with zero attached hydrogens (tertiary/aromatic N) is 2. The fourth-order valence-corrected chi connectivity index (χ4v) is 3.12. The molecule has 1 aliphatic rings. The third-order valence-corrected chi connectivity index (χ3v) is 4.80. The smallest absolute Gasteiger partial charge is 0.115 e. The standard InChI is InChI=1S/C17H23N3/c1-12-8-9-15(17(12,2)3)20-14-7-5-4-6-13(14)19-16(20)10-11-18/h4-7,9,12H,8,10-11,18H2,1-3H3.